The number of aromatic carboxylic acids is 1. The number of aliphatic hydroxyl groups excluding tert-OH is 3. The number of amides is 2. The molecule has 366 valence electrons. The number of hydrogen-bond donors (Lipinski definition) is 8. The molecule has 4 bridgehead atoms. The van der Waals surface area contributed by atoms with E-state index in [1.807, 2.05) is 19.2 Å². The number of nitrogens with two attached hydrogens (primary N) is 1. The standard InChI is InChI=1S/C47H63N5O15/c1-27-31(32-8-6-29(17-34(53)49-4)51-35(32)40(57)58)9-12-52(27)26-46-21-44(2)20-45(3,22-46)24-47(23-44,25-46)65-14-11-50-43(61)64-19-28-5-7-30(18-33(28)63-16-15-62-13-10-48)66-42-38(56)36(54)37(55)39(67-42)41(59)60/h5-9,12,18,36-39,42,54-56H,10-11,13-17,19-26,48H2,1-4H3,(H,49,53)(H,50,61)(H,57,58)(H,59,60)/t36-,37-,38+,39-,42+,44?,45?,46?,47?/m0/s1. The van der Waals surface area contributed by atoms with Crippen LogP contribution in [-0.2, 0) is 48.1 Å². The molecule has 2 amide bonds. The largest absolute Gasteiger partial charge is 0.491 e. The first-order valence-electron chi connectivity index (χ1n) is 22.6. The van der Waals surface area contributed by atoms with Gasteiger partial charge in [-0.3, -0.25) is 4.79 Å². The van der Waals surface area contributed by atoms with Crippen molar-refractivity contribution >= 4 is 23.9 Å². The third-order valence-corrected chi connectivity index (χ3v) is 13.5. The smallest absolute Gasteiger partial charge is 0.407 e. The normalized spacial score (nSPS) is 29.6. The van der Waals surface area contributed by atoms with Crippen molar-refractivity contribution in [3.05, 3.63) is 65.2 Å². The van der Waals surface area contributed by atoms with E-state index in [0.717, 1.165) is 56.3 Å². The number of carboxylic acids is 2. The highest BCUT2D eigenvalue weighted by Crippen LogP contribution is 2.72. The molecule has 8 rings (SSSR count). The zero-order valence-corrected chi connectivity index (χ0v) is 38.3. The molecule has 2 unspecified atom stereocenters. The van der Waals surface area contributed by atoms with Crippen LogP contribution in [0.3, 0.4) is 0 Å². The molecule has 5 fully saturated rings. The van der Waals surface area contributed by atoms with Crippen LogP contribution in [0.4, 0.5) is 4.79 Å². The number of aliphatic carboxylic acids is 1. The quantitative estimate of drug-likeness (QED) is 0.0712. The Bertz CT molecular complexity index is 2290. The van der Waals surface area contributed by atoms with E-state index in [2.05, 4.69) is 34.0 Å². The van der Waals surface area contributed by atoms with Gasteiger partial charge in [-0.1, -0.05) is 19.9 Å². The van der Waals surface area contributed by atoms with Gasteiger partial charge in [0.05, 0.1) is 37.5 Å². The fraction of sp³-hybridized carbons (Fsp3) is 0.596. The van der Waals surface area contributed by atoms with Gasteiger partial charge >= 0.3 is 18.0 Å². The number of pyridine rings is 1. The maximum Gasteiger partial charge on any atom is 0.407 e. The molecule has 20 nitrogen and oxygen atoms in total. The summed E-state index contributed by atoms with van der Waals surface area (Å²) in [6.45, 7) is 8.60. The maximum absolute atomic E-state index is 13.0. The van der Waals surface area contributed by atoms with Gasteiger partial charge in [-0.2, -0.15) is 0 Å². The SMILES string of the molecule is CNC(=O)Cc1ccc(-c2ccn(CC34CC5(C)CC(C)(C3)CC(OCCNC(=O)OCc3ccc(O[C@@H]6O[C@H](C(=O)O)[C@@H](O)[C@H](O)[C@H]6O)cc3OCCOCCN)(C5)C4)c2C)c(C(=O)O)n1. The number of nitrogens with one attached hydrogen (secondary N) is 2. The van der Waals surface area contributed by atoms with Gasteiger partial charge < -0.3 is 74.9 Å². The molecule has 0 spiro atoms. The number of aromatic nitrogens is 2. The van der Waals surface area contributed by atoms with Crippen LogP contribution in [0.5, 0.6) is 11.5 Å². The lowest BCUT2D eigenvalue weighted by Crippen LogP contribution is -2.64. The van der Waals surface area contributed by atoms with E-state index in [9.17, 15) is 44.7 Å². The third-order valence-electron chi connectivity index (χ3n) is 13.5. The zero-order valence-electron chi connectivity index (χ0n) is 38.3. The van der Waals surface area contributed by atoms with Crippen LogP contribution in [-0.4, -0.2) is 142 Å². The molecule has 7 atom stereocenters. The molecule has 0 radical (unpaired) electrons. The summed E-state index contributed by atoms with van der Waals surface area (Å²) in [6.07, 6.45) is -1.89. The Hall–Kier alpha value is -5.35. The number of aliphatic hydroxyl groups is 3. The Kier molecular flexibility index (Phi) is 14.9. The number of hydrogen-bond acceptors (Lipinski definition) is 15. The number of nitrogens with zero attached hydrogens (tertiary/aromatic N) is 2. The second-order valence-corrected chi connectivity index (χ2v) is 19.4. The summed E-state index contributed by atoms with van der Waals surface area (Å²) in [4.78, 5) is 53.3. The fourth-order valence-electron chi connectivity index (χ4n) is 11.9. The van der Waals surface area contributed by atoms with Gasteiger partial charge in [0.2, 0.25) is 12.2 Å². The molecule has 67 heavy (non-hydrogen) atoms. The topological polar surface area (TPSA) is 293 Å². The van der Waals surface area contributed by atoms with E-state index in [0.29, 0.717) is 30.0 Å². The predicted molar refractivity (Wildman–Crippen MR) is 237 cm³/mol. The second kappa shape index (κ2) is 20.1. The van der Waals surface area contributed by atoms with Gasteiger partial charge in [0, 0.05) is 61.3 Å². The van der Waals surface area contributed by atoms with Crippen LogP contribution in [0.1, 0.15) is 79.8 Å². The monoisotopic (exact) mass is 937 g/mol. The van der Waals surface area contributed by atoms with Crippen molar-refractivity contribution in [1.82, 2.24) is 20.2 Å². The Balaban J connectivity index is 0.970. The molecule has 20 heteroatoms. The summed E-state index contributed by atoms with van der Waals surface area (Å²) in [6, 6.07) is 9.80. The van der Waals surface area contributed by atoms with Crippen LogP contribution in [0.25, 0.3) is 11.1 Å². The van der Waals surface area contributed by atoms with Gasteiger partial charge in [-0.15, -0.1) is 0 Å². The molecule has 2 aromatic heterocycles. The van der Waals surface area contributed by atoms with Gasteiger partial charge in [0.15, 0.2) is 11.8 Å². The minimum atomic E-state index is -1.88. The number of ether oxygens (including phenoxy) is 6. The minimum Gasteiger partial charge on any atom is -0.491 e. The van der Waals surface area contributed by atoms with E-state index in [1.54, 1.807) is 18.2 Å². The number of carbonyl (C=O) groups excluding carboxylic acids is 2. The summed E-state index contributed by atoms with van der Waals surface area (Å²) in [5, 5.41) is 55.6. The highest BCUT2D eigenvalue weighted by atomic mass is 16.7. The molecule has 4 saturated carbocycles. The third kappa shape index (κ3) is 11.2. The Labute approximate surface area is 388 Å². The highest BCUT2D eigenvalue weighted by Gasteiger charge is 2.66. The predicted octanol–water partition coefficient (Wildman–Crippen LogP) is 2.53. The Morgan fingerprint density at radius 1 is 0.896 bits per heavy atom. The van der Waals surface area contributed by atoms with Gasteiger partial charge in [-0.05, 0) is 86.0 Å². The van der Waals surface area contributed by atoms with Crippen molar-refractivity contribution in [2.24, 2.45) is 22.0 Å². The van der Waals surface area contributed by atoms with E-state index < -0.39 is 54.3 Å². The fourth-order valence-corrected chi connectivity index (χ4v) is 11.9. The number of rotatable bonds is 21. The maximum atomic E-state index is 13.0. The second-order valence-electron chi connectivity index (χ2n) is 19.4. The summed E-state index contributed by atoms with van der Waals surface area (Å²) in [5.74, 6) is -2.68. The van der Waals surface area contributed by atoms with Crippen molar-refractivity contribution in [2.45, 2.75) is 115 Å². The average molecular weight is 938 g/mol. The molecule has 4 aliphatic carbocycles. The first-order valence-corrected chi connectivity index (χ1v) is 22.6. The molecule has 9 N–H and O–H groups in total. The molecule has 3 heterocycles. The summed E-state index contributed by atoms with van der Waals surface area (Å²) >= 11 is 0. The molecule has 1 saturated heterocycles. The van der Waals surface area contributed by atoms with Crippen LogP contribution in [0.2, 0.25) is 0 Å². The Morgan fingerprint density at radius 3 is 2.33 bits per heavy atom. The van der Waals surface area contributed by atoms with Crippen LogP contribution < -0.4 is 25.8 Å². The number of carboxylic acid groups (broad SMARTS) is 2. The lowest BCUT2D eigenvalue weighted by Gasteiger charge is -2.69. The number of carbonyl (C=O) groups is 4. The van der Waals surface area contributed by atoms with Crippen LogP contribution in [0, 0.1) is 23.2 Å². The average Bonchev–Trinajstić information content (AvgIpc) is 3.61. The van der Waals surface area contributed by atoms with E-state index >= 15 is 0 Å². The summed E-state index contributed by atoms with van der Waals surface area (Å²) in [7, 11) is 1.52. The van der Waals surface area contributed by atoms with Gasteiger partial charge in [-0.25, -0.2) is 19.4 Å². The molecular formula is C47H63N5O15. The van der Waals surface area contributed by atoms with Crippen molar-refractivity contribution in [2.75, 3.05) is 46.6 Å². The molecule has 1 aromatic carbocycles. The Morgan fingerprint density at radius 2 is 1.64 bits per heavy atom. The minimum absolute atomic E-state index is 0.0206. The van der Waals surface area contributed by atoms with Crippen LogP contribution in [0.15, 0.2) is 42.6 Å². The molecule has 5 aliphatic rings. The first kappa shape index (κ1) is 49.6. The first-order chi connectivity index (χ1) is 31.8. The van der Waals surface area contributed by atoms with E-state index in [1.165, 1.54) is 19.2 Å². The molecule has 3 aromatic rings. The van der Waals surface area contributed by atoms with Gasteiger partial charge in [0.25, 0.3) is 0 Å². The van der Waals surface area contributed by atoms with Crippen molar-refractivity contribution in [1.29, 1.82) is 0 Å². The summed E-state index contributed by atoms with van der Waals surface area (Å²) < 4.78 is 36.9. The van der Waals surface area contributed by atoms with Crippen molar-refractivity contribution < 1.29 is 73.1 Å². The van der Waals surface area contributed by atoms with Crippen LogP contribution >= 0.6 is 0 Å². The number of benzene rings is 1. The molecule has 1 aliphatic heterocycles. The van der Waals surface area contributed by atoms with Crippen molar-refractivity contribution in [3.63, 3.8) is 0 Å². The zero-order chi connectivity index (χ0) is 48.3. The highest BCUT2D eigenvalue weighted by molar-refractivity contribution is 5.94. The van der Waals surface area contributed by atoms with Crippen molar-refractivity contribution in [3.8, 4) is 22.6 Å². The lowest BCUT2D eigenvalue weighted by atomic mass is 9.39. The van der Waals surface area contributed by atoms with E-state index in [4.69, 9.17) is 34.2 Å². The number of alkyl carbamates (subject to hydrolysis) is 1. The van der Waals surface area contributed by atoms with Gasteiger partial charge in [0.1, 0.15) is 43.0 Å². The molecular weight excluding hydrogens is 875 g/mol. The number of likely N-dealkylation sites (N-methyl/N-ethyl adjacent to an activating group) is 1. The lowest BCUT2D eigenvalue weighted by molar-refractivity contribution is -0.271. The summed E-state index contributed by atoms with van der Waals surface area (Å²) in [5.41, 5.74) is 8.05. The van der Waals surface area contributed by atoms with E-state index in [-0.39, 0.29) is 78.7 Å².